The van der Waals surface area contributed by atoms with Crippen LogP contribution in [0.1, 0.15) is 30.9 Å². The van der Waals surface area contributed by atoms with Crippen molar-refractivity contribution in [3.63, 3.8) is 0 Å². The van der Waals surface area contributed by atoms with Gasteiger partial charge in [-0.05, 0) is 31.0 Å². The van der Waals surface area contributed by atoms with E-state index in [0.29, 0.717) is 24.8 Å². The average Bonchev–Trinajstić information content (AvgIpc) is 2.35. The molecule has 0 amide bonds. The average molecular weight is 284 g/mol. The second kappa shape index (κ2) is 5.49. The lowest BCUT2D eigenvalue weighted by Crippen LogP contribution is -2.54. The Labute approximate surface area is 117 Å². The summed E-state index contributed by atoms with van der Waals surface area (Å²) in [6, 6.07) is 5.52. The highest BCUT2D eigenvalue weighted by atomic mass is 35.5. The first kappa shape index (κ1) is 14.3. The predicted molar refractivity (Wildman–Crippen MR) is 73.2 cm³/mol. The summed E-state index contributed by atoms with van der Waals surface area (Å²) in [5, 5.41) is 0.569. The van der Waals surface area contributed by atoms with Crippen LogP contribution in [0.3, 0.4) is 0 Å². The van der Waals surface area contributed by atoms with Gasteiger partial charge in [0.1, 0.15) is 0 Å². The number of nitrogens with two attached hydrogens (primary N) is 1. The fraction of sp³-hybridized carbons (Fsp3) is 0.500. The lowest BCUT2D eigenvalue weighted by Gasteiger charge is -2.38. The maximum atomic E-state index is 11.7. The monoisotopic (exact) mass is 283 g/mol. The number of ether oxygens (including phenoxy) is 2. The number of carbonyl (C=O) groups is 1. The van der Waals surface area contributed by atoms with Crippen LogP contribution in [0.5, 0.6) is 0 Å². The van der Waals surface area contributed by atoms with Gasteiger partial charge in [-0.15, -0.1) is 0 Å². The van der Waals surface area contributed by atoms with Crippen LogP contribution in [0.25, 0.3) is 0 Å². The third-order valence-corrected chi connectivity index (χ3v) is 3.70. The van der Waals surface area contributed by atoms with Gasteiger partial charge < -0.3 is 15.2 Å². The Bertz CT molecular complexity index is 486. The van der Waals surface area contributed by atoms with Crippen molar-refractivity contribution in [2.75, 3.05) is 19.8 Å². The first-order chi connectivity index (χ1) is 8.98. The van der Waals surface area contributed by atoms with Crippen LogP contribution in [0.4, 0.5) is 0 Å². The Morgan fingerprint density at radius 1 is 1.58 bits per heavy atom. The molecule has 1 aliphatic heterocycles. The van der Waals surface area contributed by atoms with Crippen molar-refractivity contribution in [2.24, 2.45) is 5.73 Å². The lowest BCUT2D eigenvalue weighted by molar-refractivity contribution is -0.144. The van der Waals surface area contributed by atoms with Crippen molar-refractivity contribution in [1.29, 1.82) is 0 Å². The Morgan fingerprint density at radius 3 is 2.74 bits per heavy atom. The van der Waals surface area contributed by atoms with E-state index in [9.17, 15) is 4.79 Å². The van der Waals surface area contributed by atoms with Crippen LogP contribution in [0.15, 0.2) is 18.2 Å². The van der Waals surface area contributed by atoms with Crippen molar-refractivity contribution in [2.45, 2.75) is 25.3 Å². The standard InChI is InChI=1S/C14H18ClNO3/c1-3-19-13(17)9(2)10-4-5-11(12(15)6-10)14(16)7-18-8-14/h4-6,9H,3,7-8,16H2,1-2H3. The maximum Gasteiger partial charge on any atom is 0.313 e. The van der Waals surface area contributed by atoms with Gasteiger partial charge in [0.2, 0.25) is 0 Å². The molecule has 1 heterocycles. The van der Waals surface area contributed by atoms with Crippen molar-refractivity contribution < 1.29 is 14.3 Å². The van der Waals surface area contributed by atoms with E-state index >= 15 is 0 Å². The topological polar surface area (TPSA) is 61.5 Å². The molecule has 2 rings (SSSR count). The summed E-state index contributed by atoms with van der Waals surface area (Å²) in [5.74, 6) is -0.585. The summed E-state index contributed by atoms with van der Waals surface area (Å²) in [4.78, 5) is 11.7. The van der Waals surface area contributed by atoms with Gasteiger partial charge in [-0.3, -0.25) is 4.79 Å². The van der Waals surface area contributed by atoms with Crippen molar-refractivity contribution in [1.82, 2.24) is 0 Å². The van der Waals surface area contributed by atoms with Gasteiger partial charge in [0.25, 0.3) is 0 Å². The highest BCUT2D eigenvalue weighted by Crippen LogP contribution is 2.34. The molecule has 2 N–H and O–H groups in total. The summed E-state index contributed by atoms with van der Waals surface area (Å²) in [5.41, 5.74) is 7.35. The number of benzene rings is 1. The van der Waals surface area contributed by atoms with Gasteiger partial charge in [0, 0.05) is 5.02 Å². The number of hydrogen-bond acceptors (Lipinski definition) is 4. The number of carbonyl (C=O) groups excluding carboxylic acids is 1. The molecular weight excluding hydrogens is 266 g/mol. The van der Waals surface area contributed by atoms with Crippen LogP contribution in [0, 0.1) is 0 Å². The fourth-order valence-electron chi connectivity index (χ4n) is 2.09. The first-order valence-corrected chi connectivity index (χ1v) is 6.69. The predicted octanol–water partition coefficient (Wildman–Crippen LogP) is 2.19. The SMILES string of the molecule is CCOC(=O)C(C)c1ccc(C2(N)COC2)c(Cl)c1. The van der Waals surface area contributed by atoms with Crippen LogP contribution in [0.2, 0.25) is 5.02 Å². The van der Waals surface area contributed by atoms with E-state index in [0.717, 1.165) is 11.1 Å². The fourth-order valence-corrected chi connectivity index (χ4v) is 2.46. The Hall–Kier alpha value is -1.10. The highest BCUT2D eigenvalue weighted by molar-refractivity contribution is 6.31. The number of hydrogen-bond donors (Lipinski definition) is 1. The second-order valence-corrected chi connectivity index (χ2v) is 5.27. The molecule has 1 fully saturated rings. The number of halogens is 1. The zero-order chi connectivity index (χ0) is 14.0. The smallest absolute Gasteiger partial charge is 0.313 e. The molecule has 1 aromatic carbocycles. The number of esters is 1. The van der Waals surface area contributed by atoms with Crippen LogP contribution in [-0.4, -0.2) is 25.8 Å². The van der Waals surface area contributed by atoms with E-state index < -0.39 is 5.54 Å². The van der Waals surface area contributed by atoms with Gasteiger partial charge in [0.15, 0.2) is 0 Å². The van der Waals surface area contributed by atoms with E-state index in [4.69, 9.17) is 26.8 Å². The minimum absolute atomic E-state index is 0.249. The summed E-state index contributed by atoms with van der Waals surface area (Å²) in [6.45, 7) is 4.90. The van der Waals surface area contributed by atoms with Gasteiger partial charge in [-0.25, -0.2) is 0 Å². The molecular formula is C14H18ClNO3. The molecule has 19 heavy (non-hydrogen) atoms. The van der Waals surface area contributed by atoms with Gasteiger partial charge in [-0.2, -0.15) is 0 Å². The van der Waals surface area contributed by atoms with Crippen LogP contribution in [-0.2, 0) is 19.8 Å². The van der Waals surface area contributed by atoms with Crippen molar-refractivity contribution in [3.8, 4) is 0 Å². The minimum Gasteiger partial charge on any atom is -0.466 e. The van der Waals surface area contributed by atoms with Gasteiger partial charge in [-0.1, -0.05) is 23.7 Å². The molecule has 0 aliphatic carbocycles. The molecule has 0 aromatic heterocycles. The summed E-state index contributed by atoms with van der Waals surface area (Å²) >= 11 is 6.26. The summed E-state index contributed by atoms with van der Waals surface area (Å²) < 4.78 is 10.1. The van der Waals surface area contributed by atoms with Crippen LogP contribution < -0.4 is 5.73 Å². The molecule has 104 valence electrons. The van der Waals surface area contributed by atoms with Crippen molar-refractivity contribution in [3.05, 3.63) is 34.3 Å². The van der Waals surface area contributed by atoms with E-state index in [-0.39, 0.29) is 11.9 Å². The molecule has 1 aromatic rings. The summed E-state index contributed by atoms with van der Waals surface area (Å²) in [7, 11) is 0. The van der Waals surface area contributed by atoms with E-state index in [1.165, 1.54) is 0 Å². The quantitative estimate of drug-likeness (QED) is 0.861. The lowest BCUT2D eigenvalue weighted by atomic mass is 9.87. The van der Waals surface area contributed by atoms with E-state index in [2.05, 4.69) is 0 Å². The van der Waals surface area contributed by atoms with Gasteiger partial charge in [0.05, 0.1) is 31.3 Å². The third kappa shape index (κ3) is 2.76. The molecule has 4 nitrogen and oxygen atoms in total. The molecule has 1 unspecified atom stereocenters. The maximum absolute atomic E-state index is 11.7. The molecule has 5 heteroatoms. The largest absolute Gasteiger partial charge is 0.466 e. The van der Waals surface area contributed by atoms with Crippen LogP contribution >= 0.6 is 11.6 Å². The molecule has 1 saturated heterocycles. The summed E-state index contributed by atoms with van der Waals surface area (Å²) in [6.07, 6.45) is 0. The first-order valence-electron chi connectivity index (χ1n) is 6.31. The normalized spacial score (nSPS) is 18.5. The third-order valence-electron chi connectivity index (χ3n) is 3.39. The Balaban J connectivity index is 2.21. The molecule has 0 bridgehead atoms. The Kier molecular flexibility index (Phi) is 4.13. The highest BCUT2D eigenvalue weighted by Gasteiger charge is 2.37. The van der Waals surface area contributed by atoms with E-state index in [1.54, 1.807) is 19.9 Å². The molecule has 0 radical (unpaired) electrons. The number of rotatable bonds is 4. The molecule has 1 atom stereocenters. The zero-order valence-electron chi connectivity index (χ0n) is 11.1. The Morgan fingerprint density at radius 2 is 2.26 bits per heavy atom. The molecule has 0 saturated carbocycles. The molecule has 1 aliphatic rings. The molecule has 0 spiro atoms. The minimum atomic E-state index is -0.497. The second-order valence-electron chi connectivity index (χ2n) is 4.86. The van der Waals surface area contributed by atoms with Crippen molar-refractivity contribution >= 4 is 17.6 Å². The zero-order valence-corrected chi connectivity index (χ0v) is 11.9. The van der Waals surface area contributed by atoms with Gasteiger partial charge >= 0.3 is 5.97 Å². The van der Waals surface area contributed by atoms with E-state index in [1.807, 2.05) is 12.1 Å².